The van der Waals surface area contributed by atoms with Crippen LogP contribution in [0, 0.1) is 6.92 Å². The molecule has 4 rings (SSSR count). The first-order valence-electron chi connectivity index (χ1n) is 8.51. The number of ether oxygens (including phenoxy) is 2. The number of para-hydroxylation sites is 1. The highest BCUT2D eigenvalue weighted by Gasteiger charge is 2.35. The zero-order chi connectivity index (χ0) is 19.0. The van der Waals surface area contributed by atoms with Crippen molar-refractivity contribution in [2.24, 2.45) is 0 Å². The second-order valence-electron chi connectivity index (χ2n) is 6.20. The summed E-state index contributed by atoms with van der Waals surface area (Å²) in [6.07, 6.45) is 3.57. The fourth-order valence-corrected chi connectivity index (χ4v) is 3.54. The Balaban J connectivity index is 1.91. The number of aryl methyl sites for hydroxylation is 1. The smallest absolute Gasteiger partial charge is 0.252 e. The Kier molecular flexibility index (Phi) is 4.23. The summed E-state index contributed by atoms with van der Waals surface area (Å²) in [5, 5.41) is 7.50. The van der Waals surface area contributed by atoms with Gasteiger partial charge in [-0.1, -0.05) is 12.1 Å². The van der Waals surface area contributed by atoms with Gasteiger partial charge in [0.1, 0.15) is 5.82 Å². The fraction of sp³-hybridized carbons (Fsp3) is 0.263. The maximum atomic E-state index is 12.5. The highest BCUT2D eigenvalue weighted by molar-refractivity contribution is 5.95. The molecule has 27 heavy (non-hydrogen) atoms. The van der Waals surface area contributed by atoms with Gasteiger partial charge in [0, 0.05) is 35.9 Å². The molecule has 2 aromatic heterocycles. The monoisotopic (exact) mass is 365 g/mol. The van der Waals surface area contributed by atoms with Crippen molar-refractivity contribution in [3.05, 3.63) is 53.5 Å². The Morgan fingerprint density at radius 2 is 1.93 bits per heavy atom. The SMILES string of the molecule is COc1cccc([C@@H]2CC(=O)Nc3c2c(C)nn3-c2ncccn2)c1OC. The summed E-state index contributed by atoms with van der Waals surface area (Å²) in [6.45, 7) is 1.91. The summed E-state index contributed by atoms with van der Waals surface area (Å²) >= 11 is 0. The molecule has 3 heterocycles. The van der Waals surface area contributed by atoms with E-state index in [0.29, 0.717) is 29.7 Å². The van der Waals surface area contributed by atoms with Crippen LogP contribution in [-0.2, 0) is 4.79 Å². The zero-order valence-electron chi connectivity index (χ0n) is 15.3. The van der Waals surface area contributed by atoms with E-state index in [1.165, 1.54) is 0 Å². The number of methoxy groups -OCH3 is 2. The zero-order valence-corrected chi connectivity index (χ0v) is 15.3. The van der Waals surface area contributed by atoms with Gasteiger partial charge in [0.05, 0.1) is 19.9 Å². The number of aromatic nitrogens is 4. The molecule has 1 N–H and O–H groups in total. The average molecular weight is 365 g/mol. The van der Waals surface area contributed by atoms with Crippen LogP contribution in [0.2, 0.25) is 0 Å². The van der Waals surface area contributed by atoms with Gasteiger partial charge in [-0.2, -0.15) is 9.78 Å². The second kappa shape index (κ2) is 6.71. The highest BCUT2D eigenvalue weighted by Crippen LogP contribution is 2.45. The predicted molar refractivity (Wildman–Crippen MR) is 98.5 cm³/mol. The van der Waals surface area contributed by atoms with Crippen LogP contribution in [0.4, 0.5) is 5.82 Å². The van der Waals surface area contributed by atoms with E-state index in [-0.39, 0.29) is 11.8 Å². The number of amides is 1. The normalized spacial score (nSPS) is 15.8. The van der Waals surface area contributed by atoms with Crippen molar-refractivity contribution in [1.29, 1.82) is 0 Å². The Morgan fingerprint density at radius 3 is 2.63 bits per heavy atom. The minimum atomic E-state index is -0.212. The molecule has 0 radical (unpaired) electrons. The van der Waals surface area contributed by atoms with Crippen LogP contribution >= 0.6 is 0 Å². The summed E-state index contributed by atoms with van der Waals surface area (Å²) in [5.74, 6) is 1.92. The van der Waals surface area contributed by atoms with Crippen LogP contribution in [0.3, 0.4) is 0 Å². The van der Waals surface area contributed by atoms with Gasteiger partial charge in [0.15, 0.2) is 11.5 Å². The molecule has 0 aliphatic carbocycles. The number of anilines is 1. The molecule has 0 saturated carbocycles. The van der Waals surface area contributed by atoms with Gasteiger partial charge in [-0.25, -0.2) is 9.97 Å². The van der Waals surface area contributed by atoms with Crippen molar-refractivity contribution in [3.8, 4) is 17.4 Å². The maximum absolute atomic E-state index is 12.5. The lowest BCUT2D eigenvalue weighted by Gasteiger charge is -2.26. The third kappa shape index (κ3) is 2.79. The molecule has 1 aromatic carbocycles. The van der Waals surface area contributed by atoms with Crippen LogP contribution in [0.5, 0.6) is 11.5 Å². The standard InChI is InChI=1S/C19H19N5O3/c1-11-16-13(12-6-4-7-14(26-2)17(12)27-3)10-15(25)22-18(16)24(23-11)19-20-8-5-9-21-19/h4-9,13H,10H2,1-3H3,(H,22,25)/t13-/m0/s1. The quantitative estimate of drug-likeness (QED) is 0.764. The number of nitrogens with zero attached hydrogens (tertiary/aromatic N) is 4. The van der Waals surface area contributed by atoms with E-state index in [1.54, 1.807) is 37.4 Å². The van der Waals surface area contributed by atoms with Gasteiger partial charge in [0.25, 0.3) is 5.95 Å². The Morgan fingerprint density at radius 1 is 1.15 bits per heavy atom. The van der Waals surface area contributed by atoms with E-state index >= 15 is 0 Å². The molecule has 1 aliphatic rings. The van der Waals surface area contributed by atoms with E-state index in [0.717, 1.165) is 16.8 Å². The number of benzene rings is 1. The summed E-state index contributed by atoms with van der Waals surface area (Å²) in [4.78, 5) is 21.0. The molecular formula is C19H19N5O3. The van der Waals surface area contributed by atoms with Gasteiger partial charge < -0.3 is 14.8 Å². The molecule has 3 aromatic rings. The molecule has 1 aliphatic heterocycles. The largest absolute Gasteiger partial charge is 0.493 e. The number of nitrogens with one attached hydrogen (secondary N) is 1. The van der Waals surface area contributed by atoms with Crippen molar-refractivity contribution in [2.75, 3.05) is 19.5 Å². The van der Waals surface area contributed by atoms with Crippen LogP contribution in [0.15, 0.2) is 36.7 Å². The third-order valence-electron chi connectivity index (χ3n) is 4.65. The molecule has 8 nitrogen and oxygen atoms in total. The number of hydrogen-bond acceptors (Lipinski definition) is 6. The first-order chi connectivity index (χ1) is 13.1. The molecule has 0 spiro atoms. The summed E-state index contributed by atoms with van der Waals surface area (Å²) in [6, 6.07) is 7.40. The molecule has 1 amide bonds. The summed E-state index contributed by atoms with van der Waals surface area (Å²) in [5.41, 5.74) is 2.60. The summed E-state index contributed by atoms with van der Waals surface area (Å²) in [7, 11) is 3.19. The molecule has 0 fully saturated rings. The molecule has 0 saturated heterocycles. The van der Waals surface area contributed by atoms with E-state index in [2.05, 4.69) is 20.4 Å². The second-order valence-corrected chi connectivity index (χ2v) is 6.20. The van der Waals surface area contributed by atoms with E-state index < -0.39 is 0 Å². The van der Waals surface area contributed by atoms with Gasteiger partial charge in [-0.3, -0.25) is 4.79 Å². The van der Waals surface area contributed by atoms with Gasteiger partial charge >= 0.3 is 0 Å². The number of carbonyl (C=O) groups excluding carboxylic acids is 1. The molecule has 0 unspecified atom stereocenters. The van der Waals surface area contributed by atoms with E-state index in [4.69, 9.17) is 9.47 Å². The molecule has 8 heteroatoms. The lowest BCUT2D eigenvalue weighted by Crippen LogP contribution is -2.25. The molecule has 138 valence electrons. The lowest BCUT2D eigenvalue weighted by molar-refractivity contribution is -0.116. The van der Waals surface area contributed by atoms with Crippen LogP contribution in [0.25, 0.3) is 5.95 Å². The first-order valence-corrected chi connectivity index (χ1v) is 8.51. The number of fused-ring (bicyclic) bond motifs is 1. The van der Waals surface area contributed by atoms with Gasteiger partial charge in [-0.15, -0.1) is 0 Å². The molecular weight excluding hydrogens is 346 g/mol. The van der Waals surface area contributed by atoms with Crippen LogP contribution < -0.4 is 14.8 Å². The van der Waals surface area contributed by atoms with Gasteiger partial charge in [0.2, 0.25) is 5.91 Å². The summed E-state index contributed by atoms with van der Waals surface area (Å²) < 4.78 is 12.6. The number of carbonyl (C=O) groups is 1. The lowest BCUT2D eigenvalue weighted by atomic mass is 9.85. The fourth-order valence-electron chi connectivity index (χ4n) is 3.54. The van der Waals surface area contributed by atoms with Crippen LogP contribution in [0.1, 0.15) is 29.2 Å². The van der Waals surface area contributed by atoms with Crippen LogP contribution in [-0.4, -0.2) is 39.9 Å². The van der Waals surface area contributed by atoms with Crippen molar-refractivity contribution >= 4 is 11.7 Å². The topological polar surface area (TPSA) is 91.2 Å². The van der Waals surface area contributed by atoms with Crippen molar-refractivity contribution in [1.82, 2.24) is 19.7 Å². The minimum absolute atomic E-state index is 0.102. The van der Waals surface area contributed by atoms with E-state index in [1.807, 2.05) is 25.1 Å². The predicted octanol–water partition coefficient (Wildman–Crippen LogP) is 2.46. The number of hydrogen-bond donors (Lipinski definition) is 1. The minimum Gasteiger partial charge on any atom is -0.493 e. The van der Waals surface area contributed by atoms with Crippen molar-refractivity contribution in [3.63, 3.8) is 0 Å². The Bertz CT molecular complexity index is 1000. The maximum Gasteiger partial charge on any atom is 0.252 e. The molecule has 0 bridgehead atoms. The number of rotatable bonds is 4. The third-order valence-corrected chi connectivity index (χ3v) is 4.65. The van der Waals surface area contributed by atoms with Gasteiger partial charge in [-0.05, 0) is 19.1 Å². The van der Waals surface area contributed by atoms with Crippen molar-refractivity contribution < 1.29 is 14.3 Å². The molecule has 1 atom stereocenters. The Labute approximate surface area is 156 Å². The Hall–Kier alpha value is -3.42. The highest BCUT2D eigenvalue weighted by atomic mass is 16.5. The van der Waals surface area contributed by atoms with E-state index in [9.17, 15) is 4.79 Å². The van der Waals surface area contributed by atoms with Crippen molar-refractivity contribution in [2.45, 2.75) is 19.3 Å². The first kappa shape index (κ1) is 17.0. The average Bonchev–Trinajstić information content (AvgIpc) is 3.03.